The van der Waals surface area contributed by atoms with Crippen LogP contribution in [0.15, 0.2) is 42.9 Å². The van der Waals surface area contributed by atoms with Crippen LogP contribution in [0.3, 0.4) is 0 Å². The first-order chi connectivity index (χ1) is 8.68. The highest BCUT2D eigenvalue weighted by atomic mass is 16.3. The molecule has 1 heterocycles. The van der Waals surface area contributed by atoms with E-state index in [1.165, 1.54) is 18.6 Å². The molecule has 1 aromatic heterocycles. The molecule has 0 fully saturated rings. The average Bonchev–Trinajstić information content (AvgIpc) is 2.40. The van der Waals surface area contributed by atoms with Gasteiger partial charge in [-0.2, -0.15) is 0 Å². The third-order valence-electron chi connectivity index (χ3n) is 2.62. The minimum Gasteiger partial charge on any atom is -0.386 e. The van der Waals surface area contributed by atoms with Gasteiger partial charge in [0, 0.05) is 24.4 Å². The van der Waals surface area contributed by atoms with Crippen LogP contribution < -0.4 is 5.73 Å². The fourth-order valence-electron chi connectivity index (χ4n) is 1.73. The molecule has 0 bridgehead atoms. The summed E-state index contributed by atoms with van der Waals surface area (Å²) in [5.41, 5.74) is 6.86. The van der Waals surface area contributed by atoms with Gasteiger partial charge < -0.3 is 10.8 Å². The lowest BCUT2D eigenvalue weighted by molar-refractivity contribution is 0.0998. The summed E-state index contributed by atoms with van der Waals surface area (Å²) in [7, 11) is 0. The Morgan fingerprint density at radius 1 is 1.33 bits per heavy atom. The van der Waals surface area contributed by atoms with E-state index >= 15 is 0 Å². The Bertz CT molecular complexity index is 543. The van der Waals surface area contributed by atoms with Gasteiger partial charge in [-0.25, -0.2) is 0 Å². The summed E-state index contributed by atoms with van der Waals surface area (Å²) >= 11 is 0. The second-order valence-electron chi connectivity index (χ2n) is 3.87. The van der Waals surface area contributed by atoms with E-state index in [9.17, 15) is 9.90 Å². The zero-order chi connectivity index (χ0) is 13.0. The van der Waals surface area contributed by atoms with Gasteiger partial charge in [0.2, 0.25) is 5.91 Å². The van der Waals surface area contributed by atoms with Crippen LogP contribution in [0, 0.1) is 0 Å². The molecule has 0 aliphatic carbocycles. The Kier molecular flexibility index (Phi) is 3.64. The molecular formula is C13H13N3O2. The molecule has 3 N–H and O–H groups in total. The van der Waals surface area contributed by atoms with Crippen molar-refractivity contribution in [3.05, 3.63) is 59.7 Å². The molecule has 0 saturated carbocycles. The molecule has 2 rings (SSSR count). The number of amides is 1. The Labute approximate surface area is 104 Å². The highest BCUT2D eigenvalue weighted by molar-refractivity contribution is 5.94. The number of carbonyl (C=O) groups excluding carboxylic acids is 1. The summed E-state index contributed by atoms with van der Waals surface area (Å²) in [6.07, 6.45) is 4.01. The molecule has 1 amide bonds. The topological polar surface area (TPSA) is 89.1 Å². The van der Waals surface area contributed by atoms with Crippen LogP contribution in [-0.2, 0) is 6.42 Å². The number of hydrogen-bond acceptors (Lipinski definition) is 4. The lowest BCUT2D eigenvalue weighted by atomic mass is 10.00. The van der Waals surface area contributed by atoms with Crippen LogP contribution in [0.5, 0.6) is 0 Å². The third-order valence-corrected chi connectivity index (χ3v) is 2.62. The number of nitrogens with zero attached hydrogens (tertiary/aromatic N) is 2. The maximum absolute atomic E-state index is 11.3. The number of hydrogen-bond donors (Lipinski definition) is 2. The van der Waals surface area contributed by atoms with Gasteiger partial charge in [-0.3, -0.25) is 14.8 Å². The van der Waals surface area contributed by atoms with Crippen molar-refractivity contribution < 1.29 is 9.90 Å². The zero-order valence-electron chi connectivity index (χ0n) is 9.65. The second-order valence-corrected chi connectivity index (χ2v) is 3.87. The Morgan fingerprint density at radius 3 is 2.78 bits per heavy atom. The van der Waals surface area contributed by atoms with Crippen molar-refractivity contribution in [2.75, 3.05) is 0 Å². The SMILES string of the molecule is NC(=O)c1ccccc1CC(O)c1cnccn1. The standard InChI is InChI=1S/C13H13N3O2/c14-13(18)10-4-2-1-3-9(10)7-12(17)11-8-15-5-6-16-11/h1-6,8,12,17H,7H2,(H2,14,18). The monoisotopic (exact) mass is 243 g/mol. The molecule has 1 atom stereocenters. The predicted octanol–water partition coefficient (Wildman–Crippen LogP) is 0.852. The minimum absolute atomic E-state index is 0.276. The molecule has 0 radical (unpaired) electrons. The lowest BCUT2D eigenvalue weighted by Gasteiger charge is -2.11. The first-order valence-electron chi connectivity index (χ1n) is 5.50. The van der Waals surface area contributed by atoms with Gasteiger partial charge >= 0.3 is 0 Å². The molecule has 18 heavy (non-hydrogen) atoms. The van der Waals surface area contributed by atoms with Crippen molar-refractivity contribution in [3.8, 4) is 0 Å². The highest BCUT2D eigenvalue weighted by Crippen LogP contribution is 2.18. The Balaban J connectivity index is 2.22. The van der Waals surface area contributed by atoms with Gasteiger partial charge in [0.25, 0.3) is 0 Å². The van der Waals surface area contributed by atoms with Crippen molar-refractivity contribution in [2.24, 2.45) is 5.73 Å². The van der Waals surface area contributed by atoms with Crippen molar-refractivity contribution in [1.82, 2.24) is 9.97 Å². The van der Waals surface area contributed by atoms with Crippen LogP contribution in [0.4, 0.5) is 0 Å². The van der Waals surface area contributed by atoms with E-state index in [0.717, 1.165) is 0 Å². The van der Waals surface area contributed by atoms with Gasteiger partial charge in [0.1, 0.15) is 6.10 Å². The van der Waals surface area contributed by atoms with Crippen molar-refractivity contribution in [1.29, 1.82) is 0 Å². The van der Waals surface area contributed by atoms with Crippen molar-refractivity contribution in [3.63, 3.8) is 0 Å². The van der Waals surface area contributed by atoms with E-state index in [0.29, 0.717) is 16.8 Å². The number of carbonyl (C=O) groups is 1. The molecule has 1 unspecified atom stereocenters. The fourth-order valence-corrected chi connectivity index (χ4v) is 1.73. The van der Waals surface area contributed by atoms with E-state index in [1.54, 1.807) is 24.3 Å². The second kappa shape index (κ2) is 5.37. The van der Waals surface area contributed by atoms with Gasteiger partial charge in [-0.1, -0.05) is 18.2 Å². The molecule has 5 nitrogen and oxygen atoms in total. The van der Waals surface area contributed by atoms with E-state index in [1.807, 2.05) is 0 Å². The first kappa shape index (κ1) is 12.2. The summed E-state index contributed by atoms with van der Waals surface area (Å²) < 4.78 is 0. The number of primary amides is 1. The number of aliphatic hydroxyl groups is 1. The van der Waals surface area contributed by atoms with Crippen molar-refractivity contribution >= 4 is 5.91 Å². The van der Waals surface area contributed by atoms with E-state index in [-0.39, 0.29) is 6.42 Å². The van der Waals surface area contributed by atoms with Gasteiger partial charge in [0.15, 0.2) is 0 Å². The largest absolute Gasteiger partial charge is 0.386 e. The van der Waals surface area contributed by atoms with E-state index in [4.69, 9.17) is 5.73 Å². The summed E-state index contributed by atoms with van der Waals surface area (Å²) in [6.45, 7) is 0. The molecule has 5 heteroatoms. The maximum atomic E-state index is 11.3. The number of nitrogens with two attached hydrogens (primary N) is 1. The smallest absolute Gasteiger partial charge is 0.248 e. The predicted molar refractivity (Wildman–Crippen MR) is 65.7 cm³/mol. The number of aliphatic hydroxyl groups excluding tert-OH is 1. The number of aromatic nitrogens is 2. The van der Waals surface area contributed by atoms with Crippen LogP contribution in [0.2, 0.25) is 0 Å². The van der Waals surface area contributed by atoms with E-state index < -0.39 is 12.0 Å². The molecule has 0 saturated heterocycles. The molecular weight excluding hydrogens is 230 g/mol. The molecule has 0 spiro atoms. The normalized spacial score (nSPS) is 12.1. The van der Waals surface area contributed by atoms with Crippen LogP contribution in [0.25, 0.3) is 0 Å². The summed E-state index contributed by atoms with van der Waals surface area (Å²) in [5.74, 6) is -0.503. The van der Waals surface area contributed by atoms with Gasteiger partial charge in [-0.15, -0.1) is 0 Å². The zero-order valence-corrected chi connectivity index (χ0v) is 9.65. The van der Waals surface area contributed by atoms with E-state index in [2.05, 4.69) is 9.97 Å². The molecule has 92 valence electrons. The number of rotatable bonds is 4. The summed E-state index contributed by atoms with van der Waals surface area (Å²) in [4.78, 5) is 19.2. The molecule has 0 aliphatic heterocycles. The average molecular weight is 243 g/mol. The van der Waals surface area contributed by atoms with Gasteiger partial charge in [0.05, 0.1) is 11.9 Å². The summed E-state index contributed by atoms with van der Waals surface area (Å²) in [5, 5.41) is 10.0. The maximum Gasteiger partial charge on any atom is 0.248 e. The minimum atomic E-state index is -0.806. The third kappa shape index (κ3) is 2.70. The molecule has 0 aliphatic rings. The Morgan fingerprint density at radius 2 is 2.11 bits per heavy atom. The quantitative estimate of drug-likeness (QED) is 0.833. The van der Waals surface area contributed by atoms with Crippen LogP contribution >= 0.6 is 0 Å². The number of benzene rings is 1. The molecule has 1 aromatic carbocycles. The highest BCUT2D eigenvalue weighted by Gasteiger charge is 2.14. The molecule has 2 aromatic rings. The fraction of sp³-hybridized carbons (Fsp3) is 0.154. The van der Waals surface area contributed by atoms with Gasteiger partial charge in [-0.05, 0) is 11.6 Å². The first-order valence-corrected chi connectivity index (χ1v) is 5.50. The summed E-state index contributed by atoms with van der Waals surface area (Å²) in [6, 6.07) is 6.93. The van der Waals surface area contributed by atoms with Crippen LogP contribution in [0.1, 0.15) is 27.7 Å². The van der Waals surface area contributed by atoms with Crippen LogP contribution in [-0.4, -0.2) is 21.0 Å². The Hall–Kier alpha value is -2.27. The van der Waals surface area contributed by atoms with Crippen molar-refractivity contribution in [2.45, 2.75) is 12.5 Å². The lowest BCUT2D eigenvalue weighted by Crippen LogP contribution is -2.15.